The lowest BCUT2D eigenvalue weighted by Crippen LogP contribution is -2.45. The average molecular weight is 1040 g/mol. The van der Waals surface area contributed by atoms with Crippen LogP contribution in [0.5, 0.6) is 0 Å². The van der Waals surface area contributed by atoms with Crippen molar-refractivity contribution in [1.29, 1.82) is 0 Å². The number of aliphatic hydroxyl groups excluding tert-OH is 1. The number of unbranched alkanes of at least 4 members (excludes halogenated alkanes) is 42. The molecule has 0 aromatic heterocycles. The van der Waals surface area contributed by atoms with Crippen LogP contribution in [-0.4, -0.2) is 73.4 Å². The smallest absolute Gasteiger partial charge is 0.387 e. The van der Waals surface area contributed by atoms with E-state index in [2.05, 4.69) is 36.5 Å². The van der Waals surface area contributed by atoms with E-state index >= 15 is 0 Å². The summed E-state index contributed by atoms with van der Waals surface area (Å²) in [6.07, 6.45) is 72.1. The molecule has 3 unspecified atom stereocenters. The summed E-state index contributed by atoms with van der Waals surface area (Å²) in [7, 11) is 1.55. The normalized spacial score (nSPS) is 14.0. The Morgan fingerprint density at radius 2 is 0.792 bits per heavy atom. The molecular formula is C63H124N2O6P+. The Morgan fingerprint density at radius 1 is 0.486 bits per heavy atom. The van der Waals surface area contributed by atoms with Crippen LogP contribution < -0.4 is 5.32 Å². The second-order valence-corrected chi connectivity index (χ2v) is 24.2. The number of hydrogen-bond donors (Lipinski definition) is 3. The second kappa shape index (κ2) is 54.5. The highest BCUT2D eigenvalue weighted by Crippen LogP contribution is 2.43. The summed E-state index contributed by atoms with van der Waals surface area (Å²) in [6.45, 7) is 4.58. The van der Waals surface area contributed by atoms with E-state index in [0.717, 1.165) is 44.9 Å². The number of aliphatic hydroxyl groups is 1. The fraction of sp³-hybridized carbons (Fsp3) is 0.889. The molecule has 9 heteroatoms. The zero-order valence-electron chi connectivity index (χ0n) is 48.7. The zero-order chi connectivity index (χ0) is 52.7. The van der Waals surface area contributed by atoms with E-state index in [1.165, 1.54) is 244 Å². The molecule has 0 fully saturated rings. The van der Waals surface area contributed by atoms with Gasteiger partial charge in [-0.2, -0.15) is 0 Å². The van der Waals surface area contributed by atoms with Gasteiger partial charge in [0.1, 0.15) is 13.2 Å². The molecule has 8 nitrogen and oxygen atoms in total. The van der Waals surface area contributed by atoms with Gasteiger partial charge in [-0.3, -0.25) is 13.8 Å². The molecule has 426 valence electrons. The first-order chi connectivity index (χ1) is 35.0. The van der Waals surface area contributed by atoms with Crippen molar-refractivity contribution >= 4 is 13.7 Å². The minimum Gasteiger partial charge on any atom is -0.387 e. The second-order valence-electron chi connectivity index (χ2n) is 22.8. The number of carbonyl (C=O) groups is 1. The van der Waals surface area contributed by atoms with Crippen molar-refractivity contribution in [2.75, 3.05) is 40.9 Å². The summed E-state index contributed by atoms with van der Waals surface area (Å²) >= 11 is 0. The third-order valence-electron chi connectivity index (χ3n) is 14.4. The monoisotopic (exact) mass is 1040 g/mol. The van der Waals surface area contributed by atoms with Crippen molar-refractivity contribution in [2.45, 2.75) is 321 Å². The van der Waals surface area contributed by atoms with Gasteiger partial charge in [-0.1, -0.05) is 300 Å². The van der Waals surface area contributed by atoms with Gasteiger partial charge in [0.25, 0.3) is 0 Å². The summed E-state index contributed by atoms with van der Waals surface area (Å²) in [5, 5.41) is 13.8. The van der Waals surface area contributed by atoms with Crippen LogP contribution in [0.25, 0.3) is 0 Å². The Kier molecular flexibility index (Phi) is 53.5. The van der Waals surface area contributed by atoms with Crippen LogP contribution >= 0.6 is 7.82 Å². The highest BCUT2D eigenvalue weighted by atomic mass is 31.2. The molecule has 0 aliphatic carbocycles. The topological polar surface area (TPSA) is 105 Å². The third kappa shape index (κ3) is 56.4. The minimum absolute atomic E-state index is 0.0544. The molecule has 0 spiro atoms. The van der Waals surface area contributed by atoms with Gasteiger partial charge in [0.15, 0.2) is 0 Å². The van der Waals surface area contributed by atoms with Gasteiger partial charge >= 0.3 is 7.82 Å². The van der Waals surface area contributed by atoms with Crippen molar-refractivity contribution < 1.29 is 32.9 Å². The molecule has 1 amide bonds. The number of rotatable bonds is 58. The van der Waals surface area contributed by atoms with Gasteiger partial charge in [0.2, 0.25) is 5.91 Å². The molecule has 0 bridgehead atoms. The van der Waals surface area contributed by atoms with Crippen LogP contribution in [0.2, 0.25) is 0 Å². The van der Waals surface area contributed by atoms with Gasteiger partial charge in [-0.15, -0.1) is 0 Å². The largest absolute Gasteiger partial charge is 0.472 e. The van der Waals surface area contributed by atoms with Crippen LogP contribution in [0.3, 0.4) is 0 Å². The van der Waals surface area contributed by atoms with Crippen LogP contribution in [0, 0.1) is 0 Å². The van der Waals surface area contributed by atoms with Crippen LogP contribution in [0.1, 0.15) is 309 Å². The summed E-state index contributed by atoms with van der Waals surface area (Å²) < 4.78 is 23.5. The summed E-state index contributed by atoms with van der Waals surface area (Å²) in [6, 6.07) is -0.866. The number of allylic oxidation sites excluding steroid dienone is 5. The maximum atomic E-state index is 12.9. The summed E-state index contributed by atoms with van der Waals surface area (Å²) in [5.74, 6) is -0.189. The fourth-order valence-electron chi connectivity index (χ4n) is 9.56. The molecule has 0 aliphatic heterocycles. The Labute approximate surface area is 448 Å². The maximum Gasteiger partial charge on any atom is 0.472 e. The molecule has 0 rings (SSSR count). The number of phosphoric ester groups is 1. The van der Waals surface area contributed by atoms with Crippen molar-refractivity contribution in [3.63, 3.8) is 0 Å². The van der Waals surface area contributed by atoms with Crippen LogP contribution in [-0.2, 0) is 18.4 Å². The molecule has 0 radical (unpaired) electrons. The summed E-state index contributed by atoms with van der Waals surface area (Å²) in [4.78, 5) is 23.2. The quantitative estimate of drug-likeness (QED) is 0.0243. The molecule has 0 aromatic carbocycles. The van der Waals surface area contributed by atoms with E-state index in [0.29, 0.717) is 17.4 Å². The standard InChI is InChI=1S/C63H123N2O6P/c1-6-8-10-12-14-16-17-18-19-20-21-22-23-24-25-26-27-28-29-30-31-32-33-34-35-36-37-38-39-40-41-42-43-44-45-46-47-49-51-53-55-57-63(67)64-61(60-71-72(68,69)70-59-58-65(3,4)5)62(66)56-54-52-50-48-15-13-11-9-7-2/h7,9,15,48,54,56,61-62,66H,6,8,10-14,16-47,49-53,55,57-60H2,1-5H3,(H-,64,67,68,69)/p+1/b9-7+,48-15+,56-54+. The van der Waals surface area contributed by atoms with Gasteiger partial charge in [0.05, 0.1) is 39.9 Å². The van der Waals surface area contributed by atoms with Gasteiger partial charge in [-0.05, 0) is 39.0 Å². The highest BCUT2D eigenvalue weighted by molar-refractivity contribution is 7.47. The third-order valence-corrected chi connectivity index (χ3v) is 15.4. The Bertz CT molecular complexity index is 1270. The molecule has 0 saturated heterocycles. The predicted molar refractivity (Wildman–Crippen MR) is 314 cm³/mol. The first kappa shape index (κ1) is 70.7. The van der Waals surface area contributed by atoms with Crippen molar-refractivity contribution in [1.82, 2.24) is 5.32 Å². The van der Waals surface area contributed by atoms with Gasteiger partial charge in [-0.25, -0.2) is 4.57 Å². The van der Waals surface area contributed by atoms with Gasteiger partial charge in [0, 0.05) is 6.42 Å². The van der Waals surface area contributed by atoms with E-state index in [9.17, 15) is 19.4 Å². The van der Waals surface area contributed by atoms with Crippen LogP contribution in [0.4, 0.5) is 0 Å². The number of carbonyl (C=O) groups excluding carboxylic acids is 1. The number of nitrogens with one attached hydrogen (secondary N) is 1. The lowest BCUT2D eigenvalue weighted by atomic mass is 10.0. The number of hydrogen-bond acceptors (Lipinski definition) is 5. The van der Waals surface area contributed by atoms with Crippen molar-refractivity contribution in [2.24, 2.45) is 0 Å². The lowest BCUT2D eigenvalue weighted by Gasteiger charge is -2.25. The number of nitrogens with zero attached hydrogens (tertiary/aromatic N) is 1. The van der Waals surface area contributed by atoms with Crippen molar-refractivity contribution in [3.8, 4) is 0 Å². The first-order valence-corrected chi connectivity index (χ1v) is 32.8. The van der Waals surface area contributed by atoms with Gasteiger partial charge < -0.3 is 19.8 Å². The lowest BCUT2D eigenvalue weighted by molar-refractivity contribution is -0.870. The maximum absolute atomic E-state index is 12.9. The summed E-state index contributed by atoms with van der Waals surface area (Å²) in [5.41, 5.74) is 0. The zero-order valence-corrected chi connectivity index (χ0v) is 49.6. The Morgan fingerprint density at radius 3 is 1.11 bits per heavy atom. The molecule has 0 heterocycles. The minimum atomic E-state index is -4.35. The Hall–Kier alpha value is -1.28. The fourth-order valence-corrected chi connectivity index (χ4v) is 10.3. The SMILES string of the molecule is C/C=C/CC/C=C/CC/C=C/C(O)C(COP(=O)(O)OCC[N+](C)(C)C)NC(=O)CCCCCCCCCCCCCCCCCCCCCCCCCCCCCCCCCCCCCCCCCCC. The number of quaternary nitrogens is 1. The van der Waals surface area contributed by atoms with E-state index in [-0.39, 0.29) is 19.1 Å². The number of amides is 1. The van der Waals surface area contributed by atoms with Crippen molar-refractivity contribution in [3.05, 3.63) is 36.5 Å². The molecular weight excluding hydrogens is 912 g/mol. The highest BCUT2D eigenvalue weighted by Gasteiger charge is 2.27. The average Bonchev–Trinajstić information content (AvgIpc) is 3.34. The van der Waals surface area contributed by atoms with Crippen LogP contribution in [0.15, 0.2) is 36.5 Å². The van der Waals surface area contributed by atoms with E-state index in [1.54, 1.807) is 6.08 Å². The van der Waals surface area contributed by atoms with E-state index in [4.69, 9.17) is 9.05 Å². The molecule has 3 N–H and O–H groups in total. The number of likely N-dealkylation sites (N-methyl/N-ethyl adjacent to an activating group) is 1. The number of phosphoric acid groups is 1. The molecule has 3 atom stereocenters. The predicted octanol–water partition coefficient (Wildman–Crippen LogP) is 19.3. The van der Waals surface area contributed by atoms with E-state index < -0.39 is 20.0 Å². The molecule has 0 aliphatic rings. The Balaban J connectivity index is 3.72. The van der Waals surface area contributed by atoms with E-state index in [1.807, 2.05) is 34.1 Å². The molecule has 0 saturated carbocycles. The molecule has 0 aromatic rings. The molecule has 72 heavy (non-hydrogen) atoms. The first-order valence-electron chi connectivity index (χ1n) is 31.3.